The summed E-state index contributed by atoms with van der Waals surface area (Å²) in [4.78, 5) is 4.73. The van der Waals surface area contributed by atoms with Crippen LogP contribution in [0.3, 0.4) is 0 Å². The first kappa shape index (κ1) is 33.4. The molecule has 0 aliphatic heterocycles. The van der Waals surface area contributed by atoms with Gasteiger partial charge in [0.15, 0.2) is 0 Å². The van der Waals surface area contributed by atoms with Gasteiger partial charge in [-0.1, -0.05) is 146 Å². The highest BCUT2D eigenvalue weighted by atomic mass is 15.1. The van der Waals surface area contributed by atoms with Crippen molar-refractivity contribution < 1.29 is 0 Å². The molecular weight excluding hydrogens is 677 g/mol. The lowest BCUT2D eigenvalue weighted by Crippen LogP contribution is -2.27. The third-order valence-corrected chi connectivity index (χ3v) is 11.0. The Hall–Kier alpha value is -7.16. The molecule has 1 aliphatic rings. The smallest absolute Gasteiger partial charge is 0.0468 e. The summed E-state index contributed by atoms with van der Waals surface area (Å²) in [6, 6.07) is 70.5. The minimum atomic E-state index is 1.09. The second-order valence-corrected chi connectivity index (χ2v) is 14.6. The molecule has 56 heavy (non-hydrogen) atoms. The zero-order valence-electron chi connectivity index (χ0n) is 31.1. The van der Waals surface area contributed by atoms with E-state index in [0.717, 1.165) is 58.1 Å². The highest BCUT2D eigenvalue weighted by molar-refractivity contribution is 5.93. The molecule has 0 N–H and O–H groups in total. The largest absolute Gasteiger partial charge is 0.310 e. The molecule has 0 spiro atoms. The van der Waals surface area contributed by atoms with Crippen molar-refractivity contribution in [2.75, 3.05) is 9.80 Å². The number of hydrogen-bond donors (Lipinski definition) is 0. The van der Waals surface area contributed by atoms with Gasteiger partial charge < -0.3 is 9.80 Å². The van der Waals surface area contributed by atoms with Gasteiger partial charge in [-0.2, -0.15) is 0 Å². The van der Waals surface area contributed by atoms with Gasteiger partial charge in [-0.15, -0.1) is 0 Å². The third-order valence-electron chi connectivity index (χ3n) is 11.0. The van der Waals surface area contributed by atoms with Gasteiger partial charge in [-0.25, -0.2) is 0 Å². The van der Waals surface area contributed by atoms with E-state index in [1.54, 1.807) is 0 Å². The number of rotatable bonds is 8. The highest BCUT2D eigenvalue weighted by Crippen LogP contribution is 2.38. The van der Waals surface area contributed by atoms with E-state index in [9.17, 15) is 0 Å². The van der Waals surface area contributed by atoms with E-state index in [-0.39, 0.29) is 0 Å². The Balaban J connectivity index is 0.953. The van der Waals surface area contributed by atoms with Crippen molar-refractivity contribution in [2.24, 2.45) is 0 Å². The van der Waals surface area contributed by atoms with E-state index in [2.05, 4.69) is 228 Å². The first-order valence-electron chi connectivity index (χ1n) is 19.5. The number of benzene rings is 9. The van der Waals surface area contributed by atoms with Crippen molar-refractivity contribution >= 4 is 90.7 Å². The summed E-state index contributed by atoms with van der Waals surface area (Å²) in [6.45, 7) is 0. The van der Waals surface area contributed by atoms with Crippen LogP contribution in [-0.4, -0.2) is 0 Å². The van der Waals surface area contributed by atoms with Gasteiger partial charge in [-0.05, 0) is 140 Å². The van der Waals surface area contributed by atoms with Crippen LogP contribution in [0.1, 0.15) is 24.0 Å². The SMILES string of the molecule is C1=c2ccc(N(c3ccc(/C=C/c4ccc(N(c5ccc6ccccc6c5)c5ccc6ccccc6c5)cc4)cc3)c3ccc4ccccc4c3)cc2=CCC1. The second-order valence-electron chi connectivity index (χ2n) is 14.6. The van der Waals surface area contributed by atoms with Crippen LogP contribution in [0.25, 0.3) is 56.6 Å². The molecule has 0 heterocycles. The van der Waals surface area contributed by atoms with E-state index in [0.29, 0.717) is 0 Å². The Morgan fingerprint density at radius 2 is 0.625 bits per heavy atom. The average molecular weight is 717 g/mol. The summed E-state index contributed by atoms with van der Waals surface area (Å²) in [6.07, 6.45) is 11.3. The summed E-state index contributed by atoms with van der Waals surface area (Å²) in [5, 5.41) is 10.0. The maximum Gasteiger partial charge on any atom is 0.0468 e. The fourth-order valence-electron chi connectivity index (χ4n) is 8.04. The molecule has 0 atom stereocenters. The van der Waals surface area contributed by atoms with E-state index >= 15 is 0 Å². The van der Waals surface area contributed by atoms with Gasteiger partial charge in [0.25, 0.3) is 0 Å². The molecule has 0 bridgehead atoms. The Morgan fingerprint density at radius 3 is 1.05 bits per heavy atom. The number of fused-ring (bicyclic) bond motifs is 4. The molecule has 0 saturated carbocycles. The molecule has 9 aromatic rings. The van der Waals surface area contributed by atoms with Crippen LogP contribution in [0.5, 0.6) is 0 Å². The van der Waals surface area contributed by atoms with Crippen molar-refractivity contribution in [2.45, 2.75) is 12.8 Å². The minimum Gasteiger partial charge on any atom is -0.310 e. The molecule has 2 nitrogen and oxygen atoms in total. The van der Waals surface area contributed by atoms with Gasteiger partial charge in [0, 0.05) is 34.1 Å². The summed E-state index contributed by atoms with van der Waals surface area (Å²) in [5.41, 5.74) is 9.11. The molecule has 0 amide bonds. The highest BCUT2D eigenvalue weighted by Gasteiger charge is 2.15. The van der Waals surface area contributed by atoms with Crippen LogP contribution in [0.4, 0.5) is 34.1 Å². The molecule has 0 fully saturated rings. The minimum absolute atomic E-state index is 1.09. The van der Waals surface area contributed by atoms with Crippen molar-refractivity contribution in [1.82, 2.24) is 0 Å². The lowest BCUT2D eigenvalue weighted by molar-refractivity contribution is 1.11. The molecule has 0 saturated heterocycles. The fraction of sp³-hybridized carbons (Fsp3) is 0.0370. The van der Waals surface area contributed by atoms with Gasteiger partial charge in [0.05, 0.1) is 0 Å². The third kappa shape index (κ3) is 6.63. The van der Waals surface area contributed by atoms with Crippen molar-refractivity contribution in [3.8, 4) is 0 Å². The van der Waals surface area contributed by atoms with Crippen LogP contribution in [0.15, 0.2) is 194 Å². The normalized spacial score (nSPS) is 12.4. The molecule has 2 heteroatoms. The molecule has 266 valence electrons. The van der Waals surface area contributed by atoms with Gasteiger partial charge >= 0.3 is 0 Å². The van der Waals surface area contributed by atoms with Gasteiger partial charge in [0.2, 0.25) is 0 Å². The molecule has 0 unspecified atom stereocenters. The standard InChI is InChI=1S/C54H40N2/c1-5-13-45-35-51(31-23-41(45)9-1)55(52-32-24-42-10-2-6-14-46(42)36-52)49-27-19-39(20-28-49)17-18-40-21-29-50(30-22-40)56(53-33-25-43-11-3-7-15-47(43)37-53)54-34-26-44-12-4-8-16-48(44)38-54/h1-3,5-7,9-38H,4,8H2/b18-17+. The second kappa shape index (κ2) is 14.6. The van der Waals surface area contributed by atoms with Crippen LogP contribution in [0.2, 0.25) is 0 Å². The van der Waals surface area contributed by atoms with Gasteiger partial charge in [-0.3, -0.25) is 0 Å². The predicted octanol–water partition coefficient (Wildman–Crippen LogP) is 13.6. The Labute approximate surface area is 327 Å². The zero-order chi connectivity index (χ0) is 37.3. The zero-order valence-corrected chi connectivity index (χ0v) is 31.1. The Bertz CT molecular complexity index is 2950. The average Bonchev–Trinajstić information content (AvgIpc) is 3.26. The Kier molecular flexibility index (Phi) is 8.70. The van der Waals surface area contributed by atoms with Crippen molar-refractivity contribution in [3.63, 3.8) is 0 Å². The molecule has 0 aromatic heterocycles. The summed E-state index contributed by atoms with van der Waals surface area (Å²) < 4.78 is 0. The monoisotopic (exact) mass is 716 g/mol. The Morgan fingerprint density at radius 1 is 0.286 bits per heavy atom. The summed E-state index contributed by atoms with van der Waals surface area (Å²) in [7, 11) is 0. The lowest BCUT2D eigenvalue weighted by atomic mass is 10.0. The van der Waals surface area contributed by atoms with Gasteiger partial charge in [0.1, 0.15) is 0 Å². The molecule has 10 rings (SSSR count). The van der Waals surface area contributed by atoms with E-state index in [1.807, 2.05) is 0 Å². The molecule has 0 radical (unpaired) electrons. The first-order valence-corrected chi connectivity index (χ1v) is 19.5. The van der Waals surface area contributed by atoms with Crippen molar-refractivity contribution in [3.05, 3.63) is 216 Å². The number of hydrogen-bond acceptors (Lipinski definition) is 2. The quantitative estimate of drug-likeness (QED) is 0.144. The van der Waals surface area contributed by atoms with Crippen LogP contribution in [-0.2, 0) is 0 Å². The lowest BCUT2D eigenvalue weighted by Gasteiger charge is -2.26. The fourth-order valence-corrected chi connectivity index (χ4v) is 8.04. The number of nitrogens with zero attached hydrogens (tertiary/aromatic N) is 2. The molecular formula is C54H40N2. The van der Waals surface area contributed by atoms with E-state index in [1.165, 1.54) is 42.8 Å². The van der Waals surface area contributed by atoms with Crippen molar-refractivity contribution in [1.29, 1.82) is 0 Å². The maximum absolute atomic E-state index is 2.37. The van der Waals surface area contributed by atoms with Crippen LogP contribution in [0, 0.1) is 0 Å². The number of anilines is 6. The summed E-state index contributed by atoms with van der Waals surface area (Å²) in [5.74, 6) is 0. The van der Waals surface area contributed by atoms with Crippen LogP contribution >= 0.6 is 0 Å². The van der Waals surface area contributed by atoms with E-state index < -0.39 is 0 Å². The topological polar surface area (TPSA) is 6.48 Å². The maximum atomic E-state index is 2.37. The molecule has 1 aliphatic carbocycles. The molecule has 9 aromatic carbocycles. The summed E-state index contributed by atoms with van der Waals surface area (Å²) >= 11 is 0. The van der Waals surface area contributed by atoms with E-state index in [4.69, 9.17) is 0 Å². The first-order chi connectivity index (χ1) is 27.7. The van der Waals surface area contributed by atoms with Crippen LogP contribution < -0.4 is 20.2 Å². The predicted molar refractivity (Wildman–Crippen MR) is 241 cm³/mol.